The molecule has 0 unspecified atom stereocenters. The molecule has 0 amide bonds. The topological polar surface area (TPSA) is 0 Å². The second-order valence-electron chi connectivity index (χ2n) is 2.49. The Balaban J connectivity index is -0.000000125. The van der Waals surface area contributed by atoms with Crippen LogP contribution in [-0.4, -0.2) is 0 Å². The molecule has 0 saturated heterocycles. The van der Waals surface area contributed by atoms with Gasteiger partial charge in [0.1, 0.15) is 0 Å². The molecule has 0 bridgehead atoms. The minimum atomic E-state index is 0. The van der Waals surface area contributed by atoms with E-state index in [2.05, 4.69) is 27.7 Å². The minimum absolute atomic E-state index is 0. The molecule has 0 fully saturated rings. The Bertz CT molecular complexity index is 27.5. The van der Waals surface area contributed by atoms with E-state index in [1.807, 2.05) is 0 Å². The summed E-state index contributed by atoms with van der Waals surface area (Å²) in [4.78, 5) is 0. The lowest BCUT2D eigenvalue weighted by Gasteiger charge is -2.05. The van der Waals surface area contributed by atoms with Gasteiger partial charge in [0.25, 0.3) is 0 Å². The van der Waals surface area contributed by atoms with Gasteiger partial charge in [0.15, 0.2) is 0 Å². The molecule has 0 aromatic heterocycles. The third-order valence-corrected chi connectivity index (χ3v) is 1.33. The van der Waals surface area contributed by atoms with Gasteiger partial charge in [0, 0.05) is 0 Å². The minimum Gasteiger partial charge on any atom is -0.147 e. The van der Waals surface area contributed by atoms with Gasteiger partial charge in [-0.25, -0.2) is 0 Å². The predicted octanol–water partition coefficient (Wildman–Crippen LogP) is 3.14. The zero-order valence-electron chi connectivity index (χ0n) is 5.97. The Morgan fingerprint density at radius 2 is 0.750 bits per heavy atom. The fraction of sp³-hybridized carbons (Fsp3) is 1.00. The summed E-state index contributed by atoms with van der Waals surface area (Å²) < 4.78 is 0. The van der Waals surface area contributed by atoms with Crippen molar-refractivity contribution in [3.63, 3.8) is 0 Å². The third-order valence-electron chi connectivity index (χ3n) is 1.33. The zero-order valence-corrected chi connectivity index (χ0v) is 7.60. The largest absolute Gasteiger partial charge is 0.147 e. The Labute approximate surface area is 64.9 Å². The quantitative estimate of drug-likeness (QED) is 0.551. The smallest absolute Gasteiger partial charge is 0.0448 e. The maximum atomic E-state index is 2.24. The predicted molar refractivity (Wildman–Crippen MR) is 44.2 cm³/mol. The summed E-state index contributed by atoms with van der Waals surface area (Å²) in [5, 5.41) is 0. The first kappa shape index (κ1) is 15.8. The van der Waals surface area contributed by atoms with Crippen molar-refractivity contribution in [1.29, 1.82) is 0 Å². The van der Waals surface area contributed by atoms with Crippen LogP contribution in [0.25, 0.3) is 0 Å². The van der Waals surface area contributed by atoms with Crippen LogP contribution in [0, 0.1) is 11.8 Å². The lowest BCUT2D eigenvalue weighted by molar-refractivity contribution is 0.457. The molecule has 0 aromatic rings. The van der Waals surface area contributed by atoms with Gasteiger partial charge in [-0.15, -0.1) is 24.8 Å². The molecule has 0 saturated carbocycles. The second kappa shape index (κ2) is 7.58. The molecule has 0 N–H and O–H groups in total. The second-order valence-corrected chi connectivity index (χ2v) is 2.49. The number of rotatable bonds is 1. The maximum absolute atomic E-state index is 2.24. The van der Waals surface area contributed by atoms with Crippen molar-refractivity contribution in [2.75, 3.05) is 0 Å². The molecule has 0 heterocycles. The van der Waals surface area contributed by atoms with E-state index in [4.69, 9.17) is 0 Å². The Kier molecular flexibility index (Phi) is 15.0. The summed E-state index contributed by atoms with van der Waals surface area (Å²) >= 11 is 0. The van der Waals surface area contributed by atoms with Crippen molar-refractivity contribution < 1.29 is 0 Å². The summed E-state index contributed by atoms with van der Waals surface area (Å²) in [6.45, 7) is 8.96. The van der Waals surface area contributed by atoms with Crippen LogP contribution >= 0.6 is 24.8 Å². The van der Waals surface area contributed by atoms with E-state index < -0.39 is 0 Å². The monoisotopic (exact) mass is 158 g/mol. The normalized spacial score (nSPS) is 8.25. The molecular weight excluding hydrogens is 143 g/mol. The van der Waals surface area contributed by atoms with Crippen LogP contribution in [0.1, 0.15) is 27.7 Å². The number of halogens is 2. The van der Waals surface area contributed by atoms with E-state index in [0.717, 1.165) is 11.8 Å². The van der Waals surface area contributed by atoms with Crippen LogP contribution < -0.4 is 0 Å². The number of hydrogen-bond donors (Lipinski definition) is 0. The molecule has 0 radical (unpaired) electrons. The van der Waals surface area contributed by atoms with E-state index in [-0.39, 0.29) is 24.8 Å². The van der Waals surface area contributed by atoms with E-state index in [1.54, 1.807) is 0 Å². The van der Waals surface area contributed by atoms with E-state index in [0.29, 0.717) is 0 Å². The molecular formula is C6H16Cl2. The summed E-state index contributed by atoms with van der Waals surface area (Å²) in [5.74, 6) is 1.70. The van der Waals surface area contributed by atoms with E-state index in [1.165, 1.54) is 0 Å². The van der Waals surface area contributed by atoms with Gasteiger partial charge in [0.2, 0.25) is 0 Å². The maximum Gasteiger partial charge on any atom is -0.0448 e. The molecule has 2 heteroatoms. The summed E-state index contributed by atoms with van der Waals surface area (Å²) in [6.07, 6.45) is 0. The van der Waals surface area contributed by atoms with Gasteiger partial charge in [-0.1, -0.05) is 27.7 Å². The van der Waals surface area contributed by atoms with Crippen LogP contribution in [0.15, 0.2) is 0 Å². The van der Waals surface area contributed by atoms with Crippen molar-refractivity contribution in [3.8, 4) is 0 Å². The summed E-state index contributed by atoms with van der Waals surface area (Å²) in [6, 6.07) is 0. The van der Waals surface area contributed by atoms with Gasteiger partial charge < -0.3 is 0 Å². The molecule has 0 aromatic carbocycles. The van der Waals surface area contributed by atoms with Crippen LogP contribution in [-0.2, 0) is 0 Å². The molecule has 8 heavy (non-hydrogen) atoms. The van der Waals surface area contributed by atoms with Crippen LogP contribution in [0.2, 0.25) is 0 Å². The molecule has 0 aliphatic heterocycles. The first-order valence-corrected chi connectivity index (χ1v) is 2.64. The van der Waals surface area contributed by atoms with E-state index in [9.17, 15) is 0 Å². The average molecular weight is 159 g/mol. The fourth-order valence-electron chi connectivity index (χ4n) is 0. The standard InChI is InChI=1S/C6H14.2ClH/c1-5(2)6(3)4;;/h5-6H,1-4H3;2*1H. The lowest BCUT2D eigenvalue weighted by Crippen LogP contribution is -1.95. The molecule has 0 rings (SSSR count). The highest BCUT2D eigenvalue weighted by Crippen LogP contribution is 2.05. The Morgan fingerprint density at radius 1 is 0.625 bits per heavy atom. The van der Waals surface area contributed by atoms with Gasteiger partial charge in [0.05, 0.1) is 0 Å². The highest BCUT2D eigenvalue weighted by atomic mass is 35.5. The molecule has 0 nitrogen and oxygen atoms in total. The van der Waals surface area contributed by atoms with Gasteiger partial charge in [-0.3, -0.25) is 0 Å². The van der Waals surface area contributed by atoms with Crippen LogP contribution in [0.4, 0.5) is 0 Å². The molecule has 54 valence electrons. The van der Waals surface area contributed by atoms with Crippen molar-refractivity contribution in [2.24, 2.45) is 11.8 Å². The van der Waals surface area contributed by atoms with Crippen molar-refractivity contribution in [2.45, 2.75) is 27.7 Å². The van der Waals surface area contributed by atoms with Gasteiger partial charge in [-0.05, 0) is 11.8 Å². The summed E-state index contributed by atoms with van der Waals surface area (Å²) in [5.41, 5.74) is 0. The van der Waals surface area contributed by atoms with Crippen LogP contribution in [0.3, 0.4) is 0 Å². The Morgan fingerprint density at radius 3 is 0.750 bits per heavy atom. The van der Waals surface area contributed by atoms with Crippen molar-refractivity contribution in [1.82, 2.24) is 0 Å². The zero-order chi connectivity index (χ0) is 5.15. The fourth-order valence-corrected chi connectivity index (χ4v) is 0. The first-order valence-electron chi connectivity index (χ1n) is 2.64. The molecule has 0 aliphatic rings. The lowest BCUT2D eigenvalue weighted by atomic mass is 10.0. The van der Waals surface area contributed by atoms with Crippen molar-refractivity contribution in [3.05, 3.63) is 0 Å². The third kappa shape index (κ3) is 9.77. The molecule has 0 spiro atoms. The first-order chi connectivity index (χ1) is 2.64. The average Bonchev–Trinajstić information content (AvgIpc) is 1.36. The molecule has 0 atom stereocenters. The van der Waals surface area contributed by atoms with Gasteiger partial charge >= 0.3 is 0 Å². The molecule has 0 aliphatic carbocycles. The highest BCUT2D eigenvalue weighted by Gasteiger charge is 1.95. The summed E-state index contributed by atoms with van der Waals surface area (Å²) in [7, 11) is 0. The number of hydrogen-bond acceptors (Lipinski definition) is 0. The van der Waals surface area contributed by atoms with E-state index >= 15 is 0 Å². The van der Waals surface area contributed by atoms with Gasteiger partial charge in [-0.2, -0.15) is 0 Å². The van der Waals surface area contributed by atoms with Crippen LogP contribution in [0.5, 0.6) is 0 Å². The highest BCUT2D eigenvalue weighted by molar-refractivity contribution is 5.85. The Hall–Kier alpha value is 0.580. The van der Waals surface area contributed by atoms with Crippen molar-refractivity contribution >= 4 is 24.8 Å². The SMILES string of the molecule is CC(C)C(C)C.Cl.Cl.